The molecule has 0 radical (unpaired) electrons. The second-order valence-electron chi connectivity index (χ2n) is 9.60. The molecule has 0 bridgehead atoms. The van der Waals surface area contributed by atoms with E-state index in [1.807, 2.05) is 11.8 Å². The molecule has 0 unspecified atom stereocenters. The number of nitrogens with zero attached hydrogens (tertiary/aromatic N) is 3. The lowest BCUT2D eigenvalue weighted by Crippen LogP contribution is -2.53. The topological polar surface area (TPSA) is 118 Å². The van der Waals surface area contributed by atoms with Crippen LogP contribution >= 0.6 is 0 Å². The van der Waals surface area contributed by atoms with Crippen molar-refractivity contribution in [1.82, 2.24) is 19.4 Å². The molecule has 11 nitrogen and oxygen atoms in total. The van der Waals surface area contributed by atoms with E-state index in [0.29, 0.717) is 35.8 Å². The molecule has 12 heteroatoms. The number of ether oxygens (including phenoxy) is 3. The first-order valence-corrected chi connectivity index (χ1v) is 14.5. The van der Waals surface area contributed by atoms with Gasteiger partial charge in [-0.2, -0.15) is 4.31 Å². The number of carbonyl (C=O) groups excluding carboxylic acids is 2. The molecule has 1 atom stereocenters. The highest BCUT2D eigenvalue weighted by molar-refractivity contribution is 7.89. The van der Waals surface area contributed by atoms with Gasteiger partial charge < -0.3 is 19.5 Å². The van der Waals surface area contributed by atoms with E-state index >= 15 is 0 Å². The monoisotopic (exact) mass is 572 g/mol. The van der Waals surface area contributed by atoms with Gasteiger partial charge in [0.25, 0.3) is 0 Å². The van der Waals surface area contributed by atoms with Gasteiger partial charge in [-0.3, -0.25) is 9.80 Å². The summed E-state index contributed by atoms with van der Waals surface area (Å²) in [5.41, 5.74) is 2.30. The molecular formula is C28H36N4O7S. The van der Waals surface area contributed by atoms with Gasteiger partial charge in [-0.25, -0.2) is 18.0 Å². The minimum Gasteiger partial charge on any atom is -0.493 e. The van der Waals surface area contributed by atoms with Gasteiger partial charge in [0.15, 0.2) is 11.5 Å². The standard InChI is InChI=1S/C28H36N4O7S/c1-6-39-27(33)24-22(30(3)28(34)29-25(24)21-8-7-9-23(37-4)26(21)38-5)18-31-14-16-32(17-15-31)40(35,36)20-12-10-19(2)11-13-20/h7-13,25H,6,14-18H2,1-5H3,(H,29,34)/t25-/m1/s1. The summed E-state index contributed by atoms with van der Waals surface area (Å²) in [5, 5.41) is 2.90. The van der Waals surface area contributed by atoms with E-state index in [0.717, 1.165) is 5.56 Å². The van der Waals surface area contributed by atoms with Crippen LogP contribution in [0.4, 0.5) is 4.79 Å². The van der Waals surface area contributed by atoms with Crippen molar-refractivity contribution in [2.45, 2.75) is 24.8 Å². The Morgan fingerprint density at radius 2 is 1.70 bits per heavy atom. The van der Waals surface area contributed by atoms with E-state index in [2.05, 4.69) is 5.32 Å². The molecule has 1 N–H and O–H groups in total. The average Bonchev–Trinajstić information content (AvgIpc) is 2.95. The number of sulfonamides is 1. The number of rotatable bonds is 9. The molecule has 2 aliphatic heterocycles. The third-order valence-electron chi connectivity index (χ3n) is 7.18. The molecule has 4 rings (SSSR count). The Hall–Kier alpha value is -3.61. The van der Waals surface area contributed by atoms with E-state index < -0.39 is 28.1 Å². The van der Waals surface area contributed by atoms with E-state index in [1.165, 1.54) is 23.4 Å². The van der Waals surface area contributed by atoms with Crippen molar-refractivity contribution in [1.29, 1.82) is 0 Å². The van der Waals surface area contributed by atoms with Crippen LogP contribution in [-0.4, -0.2) is 95.1 Å². The van der Waals surface area contributed by atoms with Gasteiger partial charge in [-0.15, -0.1) is 0 Å². The average molecular weight is 573 g/mol. The highest BCUT2D eigenvalue weighted by atomic mass is 32.2. The second-order valence-corrected chi connectivity index (χ2v) is 11.5. The van der Waals surface area contributed by atoms with E-state index in [1.54, 1.807) is 56.4 Å². The summed E-state index contributed by atoms with van der Waals surface area (Å²) >= 11 is 0. The molecule has 1 fully saturated rings. The first-order chi connectivity index (χ1) is 19.1. The Bertz CT molecular complexity index is 1380. The molecule has 0 aliphatic carbocycles. The maximum absolute atomic E-state index is 13.4. The summed E-state index contributed by atoms with van der Waals surface area (Å²) in [4.78, 5) is 30.2. The van der Waals surface area contributed by atoms with Gasteiger partial charge in [-0.05, 0) is 32.0 Å². The number of piperazine rings is 1. The fourth-order valence-electron chi connectivity index (χ4n) is 4.97. The van der Waals surface area contributed by atoms with Gasteiger partial charge in [0.1, 0.15) is 0 Å². The minimum absolute atomic E-state index is 0.158. The largest absolute Gasteiger partial charge is 0.493 e. The van der Waals surface area contributed by atoms with Crippen molar-refractivity contribution >= 4 is 22.0 Å². The number of para-hydroxylation sites is 1. The summed E-state index contributed by atoms with van der Waals surface area (Å²) in [5.74, 6) is 0.305. The third kappa shape index (κ3) is 5.79. The maximum atomic E-state index is 13.4. The third-order valence-corrected chi connectivity index (χ3v) is 9.09. The molecule has 216 valence electrons. The number of amides is 2. The predicted octanol–water partition coefficient (Wildman–Crippen LogP) is 2.53. The van der Waals surface area contributed by atoms with Crippen LogP contribution in [0, 0.1) is 6.92 Å². The number of likely N-dealkylation sites (N-methyl/N-ethyl adjacent to an activating group) is 1. The lowest BCUT2D eigenvalue weighted by molar-refractivity contribution is -0.139. The number of aryl methyl sites for hydroxylation is 1. The highest BCUT2D eigenvalue weighted by Gasteiger charge is 2.39. The Balaban J connectivity index is 1.64. The fraction of sp³-hybridized carbons (Fsp3) is 0.429. The van der Waals surface area contributed by atoms with E-state index in [-0.39, 0.29) is 36.7 Å². The summed E-state index contributed by atoms with van der Waals surface area (Å²) in [6.45, 7) is 5.44. The van der Waals surface area contributed by atoms with Crippen LogP contribution in [0.25, 0.3) is 0 Å². The van der Waals surface area contributed by atoms with Crippen LogP contribution < -0.4 is 14.8 Å². The smallest absolute Gasteiger partial charge is 0.338 e. The second kappa shape index (κ2) is 12.3. The zero-order valence-corrected chi connectivity index (χ0v) is 24.3. The van der Waals surface area contributed by atoms with Gasteiger partial charge in [0, 0.05) is 51.0 Å². The lowest BCUT2D eigenvalue weighted by atomic mass is 9.93. The number of esters is 1. The predicted molar refractivity (Wildman–Crippen MR) is 149 cm³/mol. The Labute approximate surface area is 235 Å². The number of hydrogen-bond acceptors (Lipinski definition) is 8. The number of hydrogen-bond donors (Lipinski definition) is 1. The first-order valence-electron chi connectivity index (χ1n) is 13.1. The maximum Gasteiger partial charge on any atom is 0.338 e. The van der Waals surface area contributed by atoms with Crippen LogP contribution in [0.2, 0.25) is 0 Å². The van der Waals surface area contributed by atoms with Crippen molar-refractivity contribution < 1.29 is 32.2 Å². The molecule has 2 aromatic carbocycles. The Morgan fingerprint density at radius 1 is 1.02 bits per heavy atom. The van der Waals surface area contributed by atoms with Gasteiger partial charge in [0.05, 0.1) is 37.3 Å². The fourth-order valence-corrected chi connectivity index (χ4v) is 6.39. The zero-order valence-electron chi connectivity index (χ0n) is 23.5. The van der Waals surface area contributed by atoms with Crippen LogP contribution in [0.15, 0.2) is 58.6 Å². The van der Waals surface area contributed by atoms with Crippen molar-refractivity contribution in [3.05, 3.63) is 64.9 Å². The lowest BCUT2D eigenvalue weighted by Gasteiger charge is -2.39. The van der Waals surface area contributed by atoms with Crippen LogP contribution in [0.5, 0.6) is 11.5 Å². The van der Waals surface area contributed by atoms with Crippen molar-refractivity contribution in [3.8, 4) is 11.5 Å². The molecule has 0 aromatic heterocycles. The molecule has 2 aromatic rings. The molecule has 1 saturated heterocycles. The molecular weight excluding hydrogens is 536 g/mol. The molecule has 2 heterocycles. The quantitative estimate of drug-likeness (QED) is 0.456. The Morgan fingerprint density at radius 3 is 2.30 bits per heavy atom. The number of nitrogens with one attached hydrogen (secondary N) is 1. The van der Waals surface area contributed by atoms with Crippen molar-refractivity contribution in [2.24, 2.45) is 0 Å². The van der Waals surface area contributed by atoms with E-state index in [4.69, 9.17) is 14.2 Å². The van der Waals surface area contributed by atoms with Crippen molar-refractivity contribution in [2.75, 3.05) is 60.6 Å². The van der Waals surface area contributed by atoms with E-state index in [9.17, 15) is 18.0 Å². The first kappa shape index (κ1) is 29.4. The molecule has 40 heavy (non-hydrogen) atoms. The normalized spacial score (nSPS) is 18.9. The SMILES string of the molecule is CCOC(=O)C1=C(CN2CCN(S(=O)(=O)c3ccc(C)cc3)CC2)N(C)C(=O)N[C@@H]1c1cccc(OC)c1OC. The number of urea groups is 1. The number of carbonyl (C=O) groups is 2. The highest BCUT2D eigenvalue weighted by Crippen LogP contribution is 2.40. The summed E-state index contributed by atoms with van der Waals surface area (Å²) < 4.78 is 44.3. The molecule has 0 spiro atoms. The zero-order chi connectivity index (χ0) is 29.0. The summed E-state index contributed by atoms with van der Waals surface area (Å²) in [7, 11) is 0.985. The van der Waals surface area contributed by atoms with Gasteiger partial charge >= 0.3 is 12.0 Å². The van der Waals surface area contributed by atoms with Crippen LogP contribution in [0.3, 0.4) is 0 Å². The summed E-state index contributed by atoms with van der Waals surface area (Å²) in [6, 6.07) is 10.8. The Kier molecular flexibility index (Phi) is 9.02. The van der Waals surface area contributed by atoms with Crippen molar-refractivity contribution in [3.63, 3.8) is 0 Å². The minimum atomic E-state index is -3.63. The molecule has 2 amide bonds. The number of benzene rings is 2. The summed E-state index contributed by atoms with van der Waals surface area (Å²) in [6.07, 6.45) is 0. The molecule has 0 saturated carbocycles. The van der Waals surface area contributed by atoms with Crippen LogP contribution in [-0.2, 0) is 19.6 Å². The van der Waals surface area contributed by atoms with Gasteiger partial charge in [0.2, 0.25) is 10.0 Å². The van der Waals surface area contributed by atoms with Gasteiger partial charge in [-0.1, -0.05) is 29.8 Å². The molecule has 2 aliphatic rings. The van der Waals surface area contributed by atoms with Crippen LogP contribution in [0.1, 0.15) is 24.1 Å². The number of methoxy groups -OCH3 is 2.